The van der Waals surface area contributed by atoms with Crippen LogP contribution in [0.4, 0.5) is 9.18 Å². The minimum Gasteiger partial charge on any atom is -0.483 e. The van der Waals surface area contributed by atoms with E-state index in [2.05, 4.69) is 10.3 Å². The van der Waals surface area contributed by atoms with Crippen molar-refractivity contribution in [1.29, 1.82) is 0 Å². The molecule has 0 radical (unpaired) electrons. The molecule has 3 aliphatic heterocycles. The number of aliphatic carboxylic acids is 1. The van der Waals surface area contributed by atoms with Crippen molar-refractivity contribution in [3.63, 3.8) is 0 Å². The van der Waals surface area contributed by atoms with E-state index in [4.69, 9.17) is 9.47 Å². The summed E-state index contributed by atoms with van der Waals surface area (Å²) in [4.78, 5) is 87.5. The number of amides is 5. The van der Waals surface area contributed by atoms with Gasteiger partial charge in [-0.05, 0) is 57.2 Å². The Labute approximate surface area is 282 Å². The lowest BCUT2D eigenvalue weighted by Gasteiger charge is -2.35. The van der Waals surface area contributed by atoms with E-state index >= 15 is 0 Å². The molecule has 1 aromatic heterocycles. The van der Waals surface area contributed by atoms with Crippen molar-refractivity contribution in [1.82, 2.24) is 29.9 Å². The normalized spacial score (nSPS) is 18.4. The first-order chi connectivity index (χ1) is 23.5. The number of hydrogen-bond donors (Lipinski definition) is 2. The molecule has 5 amide bonds. The van der Waals surface area contributed by atoms with Gasteiger partial charge in [0.15, 0.2) is 6.61 Å². The Morgan fingerprint density at radius 3 is 2.33 bits per heavy atom. The highest BCUT2D eigenvalue weighted by atomic mass is 19.1. The summed E-state index contributed by atoms with van der Waals surface area (Å²) in [6, 6.07) is 1.75. The monoisotopic (exact) mass is 684 g/mol. The molecule has 1 aromatic carbocycles. The molecule has 3 aliphatic rings. The van der Waals surface area contributed by atoms with E-state index in [1.54, 1.807) is 11.8 Å². The Morgan fingerprint density at radius 1 is 0.959 bits per heavy atom. The van der Waals surface area contributed by atoms with Gasteiger partial charge >= 0.3 is 12.1 Å². The predicted octanol–water partition coefficient (Wildman–Crippen LogP) is 1.55. The zero-order chi connectivity index (χ0) is 35.2. The van der Waals surface area contributed by atoms with Gasteiger partial charge in [0, 0.05) is 57.3 Å². The number of carbonyl (C=O) groups is 6. The van der Waals surface area contributed by atoms with Gasteiger partial charge in [-0.2, -0.15) is 0 Å². The van der Waals surface area contributed by atoms with Crippen molar-refractivity contribution in [3.8, 4) is 5.75 Å². The molecular formula is C33H41FN6O9. The van der Waals surface area contributed by atoms with Crippen LogP contribution in [0.25, 0.3) is 10.9 Å². The summed E-state index contributed by atoms with van der Waals surface area (Å²) in [5.41, 5.74) is 0.161. The first kappa shape index (κ1) is 35.3. The summed E-state index contributed by atoms with van der Waals surface area (Å²) in [6.07, 6.45) is 1.83. The van der Waals surface area contributed by atoms with Crippen molar-refractivity contribution in [3.05, 3.63) is 35.3 Å². The predicted molar refractivity (Wildman–Crippen MR) is 171 cm³/mol. The Balaban J connectivity index is 1.32. The van der Waals surface area contributed by atoms with Crippen molar-refractivity contribution in [2.75, 3.05) is 59.0 Å². The quantitative estimate of drug-likeness (QED) is 0.373. The van der Waals surface area contributed by atoms with E-state index in [-0.39, 0.29) is 66.6 Å². The number of ether oxygens (including phenoxy) is 2. The maximum absolute atomic E-state index is 14.7. The van der Waals surface area contributed by atoms with Gasteiger partial charge < -0.3 is 39.5 Å². The molecule has 0 spiro atoms. The Hall–Kier alpha value is -5.02. The number of nitrogens with one attached hydrogen (secondary N) is 1. The molecule has 5 rings (SSSR count). The maximum Gasteiger partial charge on any atom is 0.409 e. The summed E-state index contributed by atoms with van der Waals surface area (Å²) in [5, 5.41) is 12.2. The van der Waals surface area contributed by atoms with Gasteiger partial charge in [0.2, 0.25) is 11.8 Å². The minimum atomic E-state index is -1.46. The van der Waals surface area contributed by atoms with Crippen LogP contribution in [0.1, 0.15) is 55.1 Å². The summed E-state index contributed by atoms with van der Waals surface area (Å²) in [6.45, 7) is 5.18. The Morgan fingerprint density at radius 2 is 1.65 bits per heavy atom. The molecule has 3 saturated heterocycles. The van der Waals surface area contributed by atoms with Crippen LogP contribution in [-0.2, 0) is 23.9 Å². The van der Waals surface area contributed by atoms with Crippen molar-refractivity contribution >= 4 is 46.6 Å². The fourth-order valence-electron chi connectivity index (χ4n) is 6.40. The summed E-state index contributed by atoms with van der Waals surface area (Å²) < 4.78 is 25.6. The molecule has 0 unspecified atom stereocenters. The standard InChI is InChI=1S/C33H41FN6O9/c1-3-48-33(47)39-13-11-38(12-14-39)31(45)25(18-29(42)43)36-30(44)24-17-27(21-16-22(34)20(2)15-23(21)35-24)49-19-28(41)40-10-6-7-26(40)32(46)37-8-4-5-9-37/h15-17,25-26H,3-14,18-19H2,1-2H3,(H,36,44)(H,42,43)/t25-,26-/m0/s1. The van der Waals surface area contributed by atoms with E-state index in [0.29, 0.717) is 32.5 Å². The molecule has 49 heavy (non-hydrogen) atoms. The number of aryl methyl sites for hydroxylation is 1. The van der Waals surface area contributed by atoms with Gasteiger partial charge in [0.05, 0.1) is 18.5 Å². The van der Waals surface area contributed by atoms with Crippen LogP contribution < -0.4 is 10.1 Å². The van der Waals surface area contributed by atoms with Crippen LogP contribution in [-0.4, -0.2) is 136 Å². The fraction of sp³-hybridized carbons (Fsp3) is 0.545. The number of likely N-dealkylation sites (tertiary alicyclic amines) is 2. The number of carbonyl (C=O) groups excluding carboxylic acids is 5. The third-order valence-corrected chi connectivity index (χ3v) is 9.01. The highest BCUT2D eigenvalue weighted by Gasteiger charge is 2.37. The number of carboxylic acids is 1. The van der Waals surface area contributed by atoms with Gasteiger partial charge in [-0.1, -0.05) is 0 Å². The van der Waals surface area contributed by atoms with E-state index < -0.39 is 60.7 Å². The number of piperazine rings is 1. The van der Waals surface area contributed by atoms with E-state index in [1.807, 2.05) is 0 Å². The zero-order valence-electron chi connectivity index (χ0n) is 27.6. The van der Waals surface area contributed by atoms with Crippen LogP contribution in [0.3, 0.4) is 0 Å². The number of halogens is 1. The number of nitrogens with zero attached hydrogens (tertiary/aromatic N) is 5. The van der Waals surface area contributed by atoms with Crippen LogP contribution in [0.15, 0.2) is 18.2 Å². The highest BCUT2D eigenvalue weighted by molar-refractivity contribution is 6.00. The molecule has 2 aromatic rings. The molecule has 2 N–H and O–H groups in total. The van der Waals surface area contributed by atoms with Crippen molar-refractivity contribution in [2.45, 2.75) is 58.0 Å². The molecule has 3 fully saturated rings. The maximum atomic E-state index is 14.7. The molecule has 0 bridgehead atoms. The van der Waals surface area contributed by atoms with Gasteiger partial charge in [0.25, 0.3) is 11.8 Å². The average molecular weight is 685 g/mol. The smallest absolute Gasteiger partial charge is 0.409 e. The number of carboxylic acid groups (broad SMARTS) is 1. The SMILES string of the molecule is CCOC(=O)N1CCN(C(=O)[C@H](CC(=O)O)NC(=O)c2cc(OCC(=O)N3CCC[C@H]3C(=O)N3CCCC3)c3cc(F)c(C)cc3n2)CC1. The Bertz CT molecular complexity index is 1620. The first-order valence-corrected chi connectivity index (χ1v) is 16.5. The highest BCUT2D eigenvalue weighted by Crippen LogP contribution is 2.29. The number of aromatic nitrogens is 1. The van der Waals surface area contributed by atoms with Gasteiger partial charge in [-0.25, -0.2) is 14.2 Å². The minimum absolute atomic E-state index is 0.0276. The number of fused-ring (bicyclic) bond motifs is 1. The molecule has 2 atom stereocenters. The molecule has 0 saturated carbocycles. The van der Waals surface area contributed by atoms with E-state index in [1.165, 1.54) is 39.8 Å². The lowest BCUT2D eigenvalue weighted by molar-refractivity contribution is -0.144. The lowest BCUT2D eigenvalue weighted by atomic mass is 10.1. The lowest BCUT2D eigenvalue weighted by Crippen LogP contribution is -2.56. The van der Waals surface area contributed by atoms with Gasteiger partial charge in [-0.15, -0.1) is 0 Å². The van der Waals surface area contributed by atoms with Crippen LogP contribution in [0.2, 0.25) is 0 Å². The first-order valence-electron chi connectivity index (χ1n) is 16.5. The molecule has 15 nitrogen and oxygen atoms in total. The van der Waals surface area contributed by atoms with E-state index in [0.717, 1.165) is 12.8 Å². The second-order valence-electron chi connectivity index (χ2n) is 12.3. The largest absolute Gasteiger partial charge is 0.483 e. The molecule has 16 heteroatoms. The summed E-state index contributed by atoms with van der Waals surface area (Å²) in [7, 11) is 0. The third-order valence-electron chi connectivity index (χ3n) is 9.01. The molecule has 264 valence electrons. The second-order valence-corrected chi connectivity index (χ2v) is 12.3. The second kappa shape index (κ2) is 15.5. The van der Waals surface area contributed by atoms with Crippen molar-refractivity contribution in [2.24, 2.45) is 0 Å². The van der Waals surface area contributed by atoms with E-state index in [9.17, 15) is 38.3 Å². The molecule has 0 aliphatic carbocycles. The summed E-state index contributed by atoms with van der Waals surface area (Å²) in [5.74, 6) is -3.97. The third kappa shape index (κ3) is 8.17. The zero-order valence-corrected chi connectivity index (χ0v) is 27.6. The Kier molecular flexibility index (Phi) is 11.1. The van der Waals surface area contributed by atoms with Crippen LogP contribution in [0, 0.1) is 12.7 Å². The van der Waals surface area contributed by atoms with Crippen molar-refractivity contribution < 1.29 is 47.7 Å². The molecular weight excluding hydrogens is 643 g/mol. The average Bonchev–Trinajstić information content (AvgIpc) is 3.80. The number of pyridine rings is 1. The van der Waals surface area contributed by atoms with Gasteiger partial charge in [-0.3, -0.25) is 24.0 Å². The number of benzene rings is 1. The molecule has 4 heterocycles. The fourth-order valence-corrected chi connectivity index (χ4v) is 6.40. The van der Waals surface area contributed by atoms with Gasteiger partial charge in [0.1, 0.15) is 29.3 Å². The topological polar surface area (TPSA) is 179 Å². The number of rotatable bonds is 10. The van der Waals surface area contributed by atoms with Crippen LogP contribution in [0.5, 0.6) is 5.75 Å². The number of hydrogen-bond acceptors (Lipinski definition) is 9. The summed E-state index contributed by atoms with van der Waals surface area (Å²) >= 11 is 0. The van der Waals surface area contributed by atoms with Crippen LogP contribution >= 0.6 is 0 Å².